The van der Waals surface area contributed by atoms with Gasteiger partial charge in [0.2, 0.25) is 0 Å². The van der Waals surface area contributed by atoms with E-state index in [9.17, 15) is 4.79 Å². The van der Waals surface area contributed by atoms with E-state index in [1.807, 2.05) is 0 Å². The molecule has 1 fully saturated rings. The summed E-state index contributed by atoms with van der Waals surface area (Å²) < 4.78 is 5.25. The maximum atomic E-state index is 10.9. The molecule has 0 bridgehead atoms. The average Bonchev–Trinajstić information content (AvgIpc) is 2.04. The largest absolute Gasteiger partial charge is 0.379 e. The number of morpholine rings is 1. The lowest BCUT2D eigenvalue weighted by atomic mass is 10.0. The van der Waals surface area contributed by atoms with Crippen molar-refractivity contribution in [2.75, 3.05) is 32.8 Å². The lowest BCUT2D eigenvalue weighted by Crippen LogP contribution is -2.39. The fourth-order valence-corrected chi connectivity index (χ4v) is 1.78. The van der Waals surface area contributed by atoms with Crippen molar-refractivity contribution in [1.82, 2.24) is 4.90 Å². The number of carbonyl (C=O) groups is 1. The van der Waals surface area contributed by atoms with E-state index in [0.29, 0.717) is 18.1 Å². The SMILES string of the molecule is CC(=O)CC(C)CN1CCOCC1. The zero-order valence-electron chi connectivity index (χ0n) is 8.58. The zero-order valence-corrected chi connectivity index (χ0v) is 8.58. The number of carbonyl (C=O) groups excluding carboxylic acids is 1. The summed E-state index contributed by atoms with van der Waals surface area (Å²) in [7, 11) is 0. The number of hydrogen-bond acceptors (Lipinski definition) is 3. The van der Waals surface area contributed by atoms with Crippen LogP contribution in [0.1, 0.15) is 20.3 Å². The number of ether oxygens (including phenoxy) is 1. The second-order valence-corrected chi connectivity index (χ2v) is 3.92. The van der Waals surface area contributed by atoms with Crippen molar-refractivity contribution in [2.45, 2.75) is 20.3 Å². The molecule has 0 amide bonds. The van der Waals surface area contributed by atoms with Crippen molar-refractivity contribution in [3.05, 3.63) is 0 Å². The molecule has 1 heterocycles. The Balaban J connectivity index is 2.18. The molecule has 1 rings (SSSR count). The molecule has 3 nitrogen and oxygen atoms in total. The summed E-state index contributed by atoms with van der Waals surface area (Å²) in [6.07, 6.45) is 0.706. The minimum absolute atomic E-state index is 0.292. The van der Waals surface area contributed by atoms with Gasteiger partial charge in [0.25, 0.3) is 0 Å². The molecule has 0 saturated carbocycles. The lowest BCUT2D eigenvalue weighted by Gasteiger charge is -2.28. The Morgan fingerprint density at radius 1 is 1.46 bits per heavy atom. The lowest BCUT2D eigenvalue weighted by molar-refractivity contribution is -0.118. The molecule has 1 saturated heterocycles. The molecule has 0 aliphatic carbocycles. The molecule has 13 heavy (non-hydrogen) atoms. The molecule has 1 aliphatic rings. The Bertz CT molecular complexity index is 164. The molecular formula is C10H19NO2. The number of ketones is 1. The molecule has 1 unspecified atom stereocenters. The van der Waals surface area contributed by atoms with Gasteiger partial charge in [0.05, 0.1) is 13.2 Å². The van der Waals surface area contributed by atoms with E-state index in [2.05, 4.69) is 11.8 Å². The molecule has 1 atom stereocenters. The van der Waals surface area contributed by atoms with E-state index in [-0.39, 0.29) is 0 Å². The van der Waals surface area contributed by atoms with Gasteiger partial charge in [-0.25, -0.2) is 0 Å². The van der Waals surface area contributed by atoms with E-state index < -0.39 is 0 Å². The van der Waals surface area contributed by atoms with Gasteiger partial charge >= 0.3 is 0 Å². The number of rotatable bonds is 4. The van der Waals surface area contributed by atoms with Crippen molar-refractivity contribution in [1.29, 1.82) is 0 Å². The Labute approximate surface area is 80.1 Å². The van der Waals surface area contributed by atoms with Crippen molar-refractivity contribution >= 4 is 5.78 Å². The van der Waals surface area contributed by atoms with E-state index in [1.54, 1.807) is 6.92 Å². The van der Waals surface area contributed by atoms with Crippen molar-refractivity contribution in [2.24, 2.45) is 5.92 Å². The Morgan fingerprint density at radius 3 is 2.62 bits per heavy atom. The molecule has 1 aliphatic heterocycles. The van der Waals surface area contributed by atoms with Crippen LogP contribution < -0.4 is 0 Å². The summed E-state index contributed by atoms with van der Waals surface area (Å²) in [4.78, 5) is 13.2. The van der Waals surface area contributed by atoms with Gasteiger partial charge in [-0.3, -0.25) is 4.90 Å². The van der Waals surface area contributed by atoms with Crippen LogP contribution in [0.3, 0.4) is 0 Å². The second kappa shape index (κ2) is 5.35. The van der Waals surface area contributed by atoms with Gasteiger partial charge in [-0.1, -0.05) is 6.92 Å². The van der Waals surface area contributed by atoms with Crippen LogP contribution in [-0.2, 0) is 9.53 Å². The van der Waals surface area contributed by atoms with Crippen LogP contribution in [0.2, 0.25) is 0 Å². The molecular weight excluding hydrogens is 166 g/mol. The van der Waals surface area contributed by atoms with E-state index >= 15 is 0 Å². The second-order valence-electron chi connectivity index (χ2n) is 3.92. The molecule has 0 N–H and O–H groups in total. The number of hydrogen-bond donors (Lipinski definition) is 0. The Hall–Kier alpha value is -0.410. The van der Waals surface area contributed by atoms with Crippen molar-refractivity contribution < 1.29 is 9.53 Å². The Kier molecular flexibility index (Phi) is 4.39. The highest BCUT2D eigenvalue weighted by Gasteiger charge is 2.14. The summed E-state index contributed by atoms with van der Waals surface area (Å²) >= 11 is 0. The van der Waals surface area contributed by atoms with Gasteiger partial charge in [-0.15, -0.1) is 0 Å². The summed E-state index contributed by atoms with van der Waals surface area (Å²) in [5.74, 6) is 0.774. The van der Waals surface area contributed by atoms with Crippen molar-refractivity contribution in [3.63, 3.8) is 0 Å². The monoisotopic (exact) mass is 185 g/mol. The van der Waals surface area contributed by atoms with Crippen LogP contribution in [0.4, 0.5) is 0 Å². The first-order valence-electron chi connectivity index (χ1n) is 4.98. The maximum absolute atomic E-state index is 10.9. The van der Waals surface area contributed by atoms with Gasteiger partial charge in [-0.05, 0) is 12.8 Å². The Morgan fingerprint density at radius 2 is 2.08 bits per heavy atom. The third-order valence-corrected chi connectivity index (χ3v) is 2.31. The highest BCUT2D eigenvalue weighted by Crippen LogP contribution is 2.07. The highest BCUT2D eigenvalue weighted by atomic mass is 16.5. The highest BCUT2D eigenvalue weighted by molar-refractivity contribution is 5.75. The van der Waals surface area contributed by atoms with Gasteiger partial charge in [-0.2, -0.15) is 0 Å². The summed E-state index contributed by atoms with van der Waals surface area (Å²) in [6, 6.07) is 0. The molecule has 0 spiro atoms. The predicted molar refractivity (Wildman–Crippen MR) is 51.7 cm³/mol. The third-order valence-electron chi connectivity index (χ3n) is 2.31. The van der Waals surface area contributed by atoms with Crippen LogP contribution in [-0.4, -0.2) is 43.5 Å². The summed E-state index contributed by atoms with van der Waals surface area (Å²) in [5, 5.41) is 0. The first-order valence-corrected chi connectivity index (χ1v) is 4.98. The first-order chi connectivity index (χ1) is 6.18. The van der Waals surface area contributed by atoms with Crippen LogP contribution >= 0.6 is 0 Å². The quantitative estimate of drug-likeness (QED) is 0.652. The molecule has 0 aromatic rings. The number of nitrogens with zero attached hydrogens (tertiary/aromatic N) is 1. The van der Waals surface area contributed by atoms with E-state index in [1.165, 1.54) is 0 Å². The minimum Gasteiger partial charge on any atom is -0.379 e. The minimum atomic E-state index is 0.292. The molecule has 0 aromatic carbocycles. The molecule has 76 valence electrons. The average molecular weight is 185 g/mol. The standard InChI is InChI=1S/C10H19NO2/c1-9(7-10(2)12)8-11-3-5-13-6-4-11/h9H,3-8H2,1-2H3. The fraction of sp³-hybridized carbons (Fsp3) is 0.900. The van der Waals surface area contributed by atoms with Crippen LogP contribution in [0.5, 0.6) is 0 Å². The fourth-order valence-electron chi connectivity index (χ4n) is 1.78. The predicted octanol–water partition coefficient (Wildman–Crippen LogP) is 0.934. The van der Waals surface area contributed by atoms with E-state index in [4.69, 9.17) is 4.74 Å². The smallest absolute Gasteiger partial charge is 0.130 e. The normalized spacial score (nSPS) is 21.4. The topological polar surface area (TPSA) is 29.5 Å². The van der Waals surface area contributed by atoms with Gasteiger partial charge in [0.15, 0.2) is 0 Å². The summed E-state index contributed by atoms with van der Waals surface area (Å²) in [5.41, 5.74) is 0. The van der Waals surface area contributed by atoms with Gasteiger partial charge in [0, 0.05) is 26.1 Å². The third kappa shape index (κ3) is 4.39. The van der Waals surface area contributed by atoms with Gasteiger partial charge in [0.1, 0.15) is 5.78 Å². The van der Waals surface area contributed by atoms with E-state index in [0.717, 1.165) is 32.8 Å². The summed E-state index contributed by atoms with van der Waals surface area (Å²) in [6.45, 7) is 8.54. The van der Waals surface area contributed by atoms with Crippen LogP contribution in [0.25, 0.3) is 0 Å². The first kappa shape index (κ1) is 10.7. The molecule has 0 aromatic heterocycles. The molecule has 0 radical (unpaired) electrons. The van der Waals surface area contributed by atoms with Gasteiger partial charge < -0.3 is 9.53 Å². The van der Waals surface area contributed by atoms with Crippen molar-refractivity contribution in [3.8, 4) is 0 Å². The van der Waals surface area contributed by atoms with Crippen LogP contribution in [0.15, 0.2) is 0 Å². The van der Waals surface area contributed by atoms with Crippen LogP contribution in [0, 0.1) is 5.92 Å². The zero-order chi connectivity index (χ0) is 9.68. The number of Topliss-reactive ketones (excluding diaryl/α,β-unsaturated/α-hetero) is 1. The molecule has 3 heteroatoms. The maximum Gasteiger partial charge on any atom is 0.130 e.